The molecule has 2 atom stereocenters. The lowest BCUT2D eigenvalue weighted by atomic mass is 9.84. The van der Waals surface area contributed by atoms with E-state index in [9.17, 15) is 13.2 Å². The number of benzene rings is 2. The van der Waals surface area contributed by atoms with E-state index in [1.54, 1.807) is 24.3 Å². The molecular weight excluding hydrogens is 410 g/mol. The van der Waals surface area contributed by atoms with Crippen LogP contribution in [0.3, 0.4) is 0 Å². The van der Waals surface area contributed by atoms with Crippen LogP contribution < -0.4 is 5.73 Å². The molecule has 1 aliphatic carbocycles. The van der Waals surface area contributed by atoms with Crippen molar-refractivity contribution >= 4 is 27.5 Å². The van der Waals surface area contributed by atoms with Crippen LogP contribution in [0.25, 0.3) is 0 Å². The Morgan fingerprint density at radius 3 is 2.31 bits per heavy atom. The Labute approximate surface area is 175 Å². The van der Waals surface area contributed by atoms with E-state index in [1.807, 2.05) is 6.07 Å². The highest BCUT2D eigenvalue weighted by Crippen LogP contribution is 2.33. The molecular formula is C21H22ClN3O3S. The number of hydrogen-bond donors (Lipinski definition) is 1. The molecule has 2 aromatic rings. The minimum Gasteiger partial charge on any atom is -0.369 e. The maximum Gasteiger partial charge on any atom is 0.243 e. The van der Waals surface area contributed by atoms with E-state index in [4.69, 9.17) is 22.6 Å². The van der Waals surface area contributed by atoms with Crippen LogP contribution in [0.2, 0.25) is 5.02 Å². The summed E-state index contributed by atoms with van der Waals surface area (Å²) in [5.41, 5.74) is 6.84. The first kappa shape index (κ1) is 21.3. The highest BCUT2D eigenvalue weighted by Gasteiger charge is 2.40. The average Bonchev–Trinajstić information content (AvgIpc) is 2.72. The molecule has 0 heterocycles. The van der Waals surface area contributed by atoms with Gasteiger partial charge in [-0.15, -0.1) is 0 Å². The van der Waals surface area contributed by atoms with E-state index in [0.717, 1.165) is 18.4 Å². The molecule has 1 saturated carbocycles. The van der Waals surface area contributed by atoms with Gasteiger partial charge in [0.25, 0.3) is 0 Å². The summed E-state index contributed by atoms with van der Waals surface area (Å²) in [4.78, 5) is 12.2. The zero-order valence-corrected chi connectivity index (χ0v) is 17.4. The third-order valence-electron chi connectivity index (χ3n) is 5.31. The number of carbonyl (C=O) groups is 1. The number of nitrogens with two attached hydrogens (primary N) is 1. The van der Waals surface area contributed by atoms with Crippen molar-refractivity contribution in [2.75, 3.05) is 0 Å². The van der Waals surface area contributed by atoms with Gasteiger partial charge in [-0.1, -0.05) is 36.6 Å². The smallest absolute Gasteiger partial charge is 0.243 e. The van der Waals surface area contributed by atoms with Gasteiger partial charge < -0.3 is 5.73 Å². The normalized spacial score (nSPS) is 19.6. The Morgan fingerprint density at radius 1 is 1.10 bits per heavy atom. The maximum atomic E-state index is 13.5. The Morgan fingerprint density at radius 2 is 1.72 bits per heavy atom. The Bertz CT molecular complexity index is 1010. The van der Waals surface area contributed by atoms with Crippen LogP contribution in [0.4, 0.5) is 0 Å². The second-order valence-corrected chi connectivity index (χ2v) is 9.50. The minimum absolute atomic E-state index is 0.0884. The van der Waals surface area contributed by atoms with Gasteiger partial charge >= 0.3 is 0 Å². The predicted molar refractivity (Wildman–Crippen MR) is 110 cm³/mol. The first-order chi connectivity index (χ1) is 13.8. The number of amides is 1. The molecule has 0 unspecified atom stereocenters. The Balaban J connectivity index is 2.03. The topological polar surface area (TPSA) is 104 Å². The van der Waals surface area contributed by atoms with E-state index < -0.39 is 27.9 Å². The molecule has 0 aromatic heterocycles. The number of primary amides is 1. The quantitative estimate of drug-likeness (QED) is 0.756. The van der Waals surface area contributed by atoms with Crippen molar-refractivity contribution in [1.29, 1.82) is 5.26 Å². The fourth-order valence-corrected chi connectivity index (χ4v) is 5.58. The minimum atomic E-state index is -3.90. The SMILES string of the molecule is N#Cc1ccc(CN([C@@H]2CCCC[C@H]2C(N)=O)S(=O)(=O)c2ccc(Cl)cc2)cc1. The number of halogens is 1. The molecule has 0 bridgehead atoms. The van der Waals surface area contributed by atoms with E-state index in [2.05, 4.69) is 0 Å². The highest BCUT2D eigenvalue weighted by atomic mass is 35.5. The molecule has 29 heavy (non-hydrogen) atoms. The van der Waals surface area contributed by atoms with E-state index >= 15 is 0 Å². The Kier molecular flexibility index (Phi) is 6.58. The van der Waals surface area contributed by atoms with Gasteiger partial charge in [0.05, 0.1) is 22.4 Å². The van der Waals surface area contributed by atoms with Crippen molar-refractivity contribution < 1.29 is 13.2 Å². The van der Waals surface area contributed by atoms with Crippen LogP contribution >= 0.6 is 11.6 Å². The summed E-state index contributed by atoms with van der Waals surface area (Å²) in [6, 6.07) is 14.3. The van der Waals surface area contributed by atoms with Crippen molar-refractivity contribution in [3.8, 4) is 6.07 Å². The van der Waals surface area contributed by atoms with Crippen molar-refractivity contribution in [3.63, 3.8) is 0 Å². The molecule has 2 N–H and O–H groups in total. The fraction of sp³-hybridized carbons (Fsp3) is 0.333. The fourth-order valence-electron chi connectivity index (χ4n) is 3.77. The monoisotopic (exact) mass is 431 g/mol. The molecule has 0 saturated heterocycles. The molecule has 1 aliphatic rings. The zero-order chi connectivity index (χ0) is 21.0. The summed E-state index contributed by atoms with van der Waals surface area (Å²) in [6.45, 7) is 0.0884. The first-order valence-corrected chi connectivity index (χ1v) is 11.2. The van der Waals surface area contributed by atoms with Crippen LogP contribution in [0.15, 0.2) is 53.4 Å². The van der Waals surface area contributed by atoms with Crippen LogP contribution in [-0.4, -0.2) is 24.7 Å². The molecule has 8 heteroatoms. The number of nitrogens with zero attached hydrogens (tertiary/aromatic N) is 2. The summed E-state index contributed by atoms with van der Waals surface area (Å²) >= 11 is 5.92. The zero-order valence-electron chi connectivity index (χ0n) is 15.8. The van der Waals surface area contributed by atoms with Crippen molar-refractivity contribution in [2.45, 2.75) is 43.2 Å². The highest BCUT2D eigenvalue weighted by molar-refractivity contribution is 7.89. The van der Waals surface area contributed by atoms with Gasteiger partial charge in [0, 0.05) is 17.6 Å². The van der Waals surface area contributed by atoms with Gasteiger partial charge in [-0.2, -0.15) is 9.57 Å². The molecule has 1 amide bonds. The number of carbonyl (C=O) groups excluding carboxylic acids is 1. The molecule has 3 rings (SSSR count). The molecule has 0 spiro atoms. The summed E-state index contributed by atoms with van der Waals surface area (Å²) in [5.74, 6) is -1.02. The number of hydrogen-bond acceptors (Lipinski definition) is 4. The Hall–Kier alpha value is -2.40. The van der Waals surface area contributed by atoms with E-state index in [1.165, 1.54) is 28.6 Å². The van der Waals surface area contributed by atoms with Gasteiger partial charge in [-0.3, -0.25) is 4.79 Å². The van der Waals surface area contributed by atoms with Crippen LogP contribution in [0.1, 0.15) is 36.8 Å². The summed E-state index contributed by atoms with van der Waals surface area (Å²) in [5, 5.41) is 9.43. The third-order valence-corrected chi connectivity index (χ3v) is 7.44. The number of sulfonamides is 1. The molecule has 1 fully saturated rings. The van der Waals surface area contributed by atoms with Crippen LogP contribution in [0.5, 0.6) is 0 Å². The van der Waals surface area contributed by atoms with Gasteiger partial charge in [-0.05, 0) is 54.8 Å². The lowest BCUT2D eigenvalue weighted by Gasteiger charge is -2.38. The number of rotatable bonds is 6. The van der Waals surface area contributed by atoms with Gasteiger partial charge in [-0.25, -0.2) is 8.42 Å². The van der Waals surface area contributed by atoms with Gasteiger partial charge in [0.1, 0.15) is 0 Å². The van der Waals surface area contributed by atoms with Gasteiger partial charge in [0.15, 0.2) is 0 Å². The van der Waals surface area contributed by atoms with Crippen molar-refractivity contribution in [1.82, 2.24) is 4.31 Å². The van der Waals surface area contributed by atoms with Crippen LogP contribution in [0, 0.1) is 17.2 Å². The van der Waals surface area contributed by atoms with Crippen molar-refractivity contribution in [3.05, 3.63) is 64.7 Å². The maximum absolute atomic E-state index is 13.5. The summed E-state index contributed by atoms with van der Waals surface area (Å²) in [6.07, 6.45) is 2.81. The van der Waals surface area contributed by atoms with Crippen LogP contribution in [-0.2, 0) is 21.4 Å². The predicted octanol–water partition coefficient (Wildman–Crippen LogP) is 3.45. The van der Waals surface area contributed by atoms with Crippen molar-refractivity contribution in [2.24, 2.45) is 11.7 Å². The number of nitriles is 1. The van der Waals surface area contributed by atoms with Gasteiger partial charge in [0.2, 0.25) is 15.9 Å². The second-order valence-electron chi connectivity index (χ2n) is 7.17. The molecule has 0 aliphatic heterocycles. The molecule has 6 nitrogen and oxygen atoms in total. The lowest BCUT2D eigenvalue weighted by molar-refractivity contribution is -0.124. The molecule has 2 aromatic carbocycles. The van der Waals surface area contributed by atoms with E-state index in [-0.39, 0.29) is 11.4 Å². The average molecular weight is 432 g/mol. The first-order valence-electron chi connectivity index (χ1n) is 9.38. The summed E-state index contributed by atoms with van der Waals surface area (Å²) < 4.78 is 28.4. The standard InChI is InChI=1S/C21H22ClN3O3S/c22-17-9-11-18(12-10-17)29(27,28)25(14-16-7-5-15(13-23)6-8-16)20-4-2-1-3-19(20)21(24)26/h5-12,19-20H,1-4,14H2,(H2,24,26)/t19-,20-/m1/s1. The largest absolute Gasteiger partial charge is 0.369 e. The second kappa shape index (κ2) is 8.95. The molecule has 152 valence electrons. The summed E-state index contributed by atoms with van der Waals surface area (Å²) in [7, 11) is -3.90. The molecule has 0 radical (unpaired) electrons. The third kappa shape index (κ3) is 4.78. The lowest BCUT2D eigenvalue weighted by Crippen LogP contribution is -2.49. The van der Waals surface area contributed by atoms with E-state index in [0.29, 0.717) is 23.4 Å².